The Bertz CT molecular complexity index is 505. The van der Waals surface area contributed by atoms with Crippen LogP contribution in [-0.4, -0.2) is 36.4 Å². The van der Waals surface area contributed by atoms with Crippen LogP contribution in [0.3, 0.4) is 0 Å². The van der Waals surface area contributed by atoms with Crippen LogP contribution in [0, 0.1) is 5.92 Å². The van der Waals surface area contributed by atoms with E-state index in [0.29, 0.717) is 19.3 Å². The van der Waals surface area contributed by atoms with Crippen molar-refractivity contribution in [3.8, 4) is 0 Å². The van der Waals surface area contributed by atoms with Crippen molar-refractivity contribution >= 4 is 12.1 Å². The molecule has 0 bridgehead atoms. The van der Waals surface area contributed by atoms with Gasteiger partial charge in [-0.25, -0.2) is 4.79 Å². The first-order chi connectivity index (χ1) is 10.6. The van der Waals surface area contributed by atoms with Crippen molar-refractivity contribution in [2.75, 3.05) is 7.11 Å². The molecular weight excluding hydrogens is 286 g/mol. The highest BCUT2D eigenvalue weighted by Gasteiger charge is 2.33. The van der Waals surface area contributed by atoms with E-state index < -0.39 is 18.0 Å². The molecule has 0 aliphatic heterocycles. The van der Waals surface area contributed by atoms with Gasteiger partial charge in [-0.15, -0.1) is 0 Å². The summed E-state index contributed by atoms with van der Waals surface area (Å²) in [5, 5.41) is 11.9. The lowest BCUT2D eigenvalue weighted by molar-refractivity contribution is -0.145. The van der Waals surface area contributed by atoms with Gasteiger partial charge in [-0.05, 0) is 24.8 Å². The summed E-state index contributed by atoms with van der Waals surface area (Å²) < 4.78 is 10.4. The third-order valence-electron chi connectivity index (χ3n) is 3.88. The number of ether oxygens (including phenoxy) is 2. The maximum Gasteiger partial charge on any atom is 0.407 e. The van der Waals surface area contributed by atoms with Crippen LogP contribution in [-0.2, 0) is 20.9 Å². The molecule has 0 radical (unpaired) electrons. The van der Waals surface area contributed by atoms with E-state index in [1.165, 1.54) is 0 Å². The number of aliphatic carboxylic acids is 1. The van der Waals surface area contributed by atoms with E-state index in [9.17, 15) is 9.59 Å². The molecule has 120 valence electrons. The highest BCUT2D eigenvalue weighted by molar-refractivity contribution is 5.71. The summed E-state index contributed by atoms with van der Waals surface area (Å²) in [4.78, 5) is 23.0. The van der Waals surface area contributed by atoms with Crippen LogP contribution in [0.4, 0.5) is 4.79 Å². The lowest BCUT2D eigenvalue weighted by atomic mass is 9.84. The molecule has 6 nitrogen and oxygen atoms in total. The number of hydrogen-bond acceptors (Lipinski definition) is 4. The fourth-order valence-corrected chi connectivity index (χ4v) is 2.71. The van der Waals surface area contributed by atoms with Crippen molar-refractivity contribution < 1.29 is 24.2 Å². The molecule has 0 heterocycles. The number of carboxylic acids is 1. The van der Waals surface area contributed by atoms with Crippen LogP contribution in [0.5, 0.6) is 0 Å². The van der Waals surface area contributed by atoms with Gasteiger partial charge in [-0.1, -0.05) is 30.3 Å². The largest absolute Gasteiger partial charge is 0.481 e. The minimum atomic E-state index is -0.855. The number of alkyl carbamates (subject to hydrolysis) is 1. The van der Waals surface area contributed by atoms with Crippen LogP contribution < -0.4 is 5.32 Å². The number of carbonyl (C=O) groups is 2. The summed E-state index contributed by atoms with van der Waals surface area (Å²) >= 11 is 0. The molecule has 1 aliphatic rings. The summed E-state index contributed by atoms with van der Waals surface area (Å²) in [6.45, 7) is 0.190. The minimum absolute atomic E-state index is 0.158. The summed E-state index contributed by atoms with van der Waals surface area (Å²) in [5.74, 6) is -1.36. The first kappa shape index (κ1) is 16.3. The zero-order chi connectivity index (χ0) is 15.9. The van der Waals surface area contributed by atoms with Crippen LogP contribution in [0.15, 0.2) is 30.3 Å². The molecule has 0 unspecified atom stereocenters. The number of rotatable bonds is 5. The Labute approximate surface area is 129 Å². The number of carbonyl (C=O) groups excluding carboxylic acids is 1. The van der Waals surface area contributed by atoms with E-state index in [1.807, 2.05) is 30.3 Å². The maximum absolute atomic E-state index is 11.8. The Morgan fingerprint density at radius 1 is 1.23 bits per heavy atom. The van der Waals surface area contributed by atoms with E-state index in [1.54, 1.807) is 7.11 Å². The zero-order valence-electron chi connectivity index (χ0n) is 12.5. The van der Waals surface area contributed by atoms with Crippen molar-refractivity contribution in [1.29, 1.82) is 0 Å². The molecule has 1 saturated carbocycles. The molecule has 22 heavy (non-hydrogen) atoms. The molecule has 0 saturated heterocycles. The van der Waals surface area contributed by atoms with E-state index in [-0.39, 0.29) is 18.8 Å². The number of carboxylic acid groups (broad SMARTS) is 1. The van der Waals surface area contributed by atoms with Gasteiger partial charge in [0.1, 0.15) is 6.61 Å². The van der Waals surface area contributed by atoms with Gasteiger partial charge in [-0.3, -0.25) is 4.79 Å². The molecule has 0 spiro atoms. The van der Waals surface area contributed by atoms with Crippen molar-refractivity contribution in [2.45, 2.75) is 38.0 Å². The van der Waals surface area contributed by atoms with Gasteiger partial charge in [-0.2, -0.15) is 0 Å². The Hall–Kier alpha value is -2.08. The van der Waals surface area contributed by atoms with Crippen molar-refractivity contribution in [3.05, 3.63) is 35.9 Å². The fraction of sp³-hybridized carbons (Fsp3) is 0.500. The fourth-order valence-electron chi connectivity index (χ4n) is 2.71. The SMILES string of the molecule is CO[C@@H]1C[C@H](NC(=O)OCc2ccccc2)C[C@H](C(=O)O)C1. The summed E-state index contributed by atoms with van der Waals surface area (Å²) in [6, 6.07) is 9.13. The number of methoxy groups -OCH3 is 1. The van der Waals surface area contributed by atoms with E-state index in [4.69, 9.17) is 14.6 Å². The molecule has 6 heteroatoms. The molecule has 2 N–H and O–H groups in total. The highest BCUT2D eigenvalue weighted by atomic mass is 16.5. The Balaban J connectivity index is 1.83. The molecule has 1 aromatic rings. The molecule has 1 amide bonds. The second-order valence-electron chi connectivity index (χ2n) is 5.50. The Kier molecular flexibility index (Phi) is 5.77. The summed E-state index contributed by atoms with van der Waals surface area (Å²) in [6.07, 6.45) is 0.781. The zero-order valence-corrected chi connectivity index (χ0v) is 12.5. The Morgan fingerprint density at radius 3 is 2.59 bits per heavy atom. The predicted molar refractivity (Wildman–Crippen MR) is 79.3 cm³/mol. The van der Waals surface area contributed by atoms with Gasteiger partial charge in [0.15, 0.2) is 0 Å². The average molecular weight is 307 g/mol. The van der Waals surface area contributed by atoms with Gasteiger partial charge in [0.2, 0.25) is 0 Å². The molecule has 2 rings (SSSR count). The first-order valence-corrected chi connectivity index (χ1v) is 7.31. The van der Waals surface area contributed by atoms with Crippen molar-refractivity contribution in [1.82, 2.24) is 5.32 Å². The van der Waals surface area contributed by atoms with Crippen LogP contribution in [0.2, 0.25) is 0 Å². The standard InChI is InChI=1S/C16H21NO5/c1-21-14-8-12(15(18)19)7-13(9-14)17-16(20)22-10-11-5-3-2-4-6-11/h2-6,12-14H,7-10H2,1H3,(H,17,20)(H,18,19)/t12-,13+,14-/m0/s1. The molecule has 1 aromatic carbocycles. The van der Waals surface area contributed by atoms with E-state index in [0.717, 1.165) is 5.56 Å². The quantitative estimate of drug-likeness (QED) is 0.871. The lowest BCUT2D eigenvalue weighted by Crippen LogP contribution is -2.44. The normalized spacial score (nSPS) is 24.5. The summed E-state index contributed by atoms with van der Waals surface area (Å²) in [5.41, 5.74) is 0.902. The number of amides is 1. The molecule has 3 atom stereocenters. The van der Waals surface area contributed by atoms with Crippen molar-refractivity contribution in [3.63, 3.8) is 0 Å². The summed E-state index contributed by atoms with van der Waals surface area (Å²) in [7, 11) is 1.56. The van der Waals surface area contributed by atoms with Gasteiger partial charge in [0, 0.05) is 13.2 Å². The lowest BCUT2D eigenvalue weighted by Gasteiger charge is -2.32. The topological polar surface area (TPSA) is 84.9 Å². The Morgan fingerprint density at radius 2 is 1.95 bits per heavy atom. The second-order valence-corrected chi connectivity index (χ2v) is 5.50. The smallest absolute Gasteiger partial charge is 0.407 e. The monoisotopic (exact) mass is 307 g/mol. The van der Waals surface area contributed by atoms with E-state index >= 15 is 0 Å². The van der Waals surface area contributed by atoms with Crippen molar-refractivity contribution in [2.24, 2.45) is 5.92 Å². The molecular formula is C16H21NO5. The van der Waals surface area contributed by atoms with Gasteiger partial charge in [0.25, 0.3) is 0 Å². The van der Waals surface area contributed by atoms with E-state index in [2.05, 4.69) is 5.32 Å². The third-order valence-corrected chi connectivity index (χ3v) is 3.88. The molecule has 0 aromatic heterocycles. The molecule has 1 fully saturated rings. The van der Waals surface area contributed by atoms with Crippen LogP contribution in [0.25, 0.3) is 0 Å². The van der Waals surface area contributed by atoms with Gasteiger partial charge < -0.3 is 19.9 Å². The number of nitrogens with one attached hydrogen (secondary N) is 1. The molecule has 1 aliphatic carbocycles. The highest BCUT2D eigenvalue weighted by Crippen LogP contribution is 2.26. The second kappa shape index (κ2) is 7.79. The first-order valence-electron chi connectivity index (χ1n) is 7.31. The third kappa shape index (κ3) is 4.73. The van der Waals surface area contributed by atoms with Crippen LogP contribution >= 0.6 is 0 Å². The average Bonchev–Trinajstić information content (AvgIpc) is 2.53. The van der Waals surface area contributed by atoms with Gasteiger partial charge >= 0.3 is 12.1 Å². The maximum atomic E-state index is 11.8. The van der Waals surface area contributed by atoms with Gasteiger partial charge in [0.05, 0.1) is 12.0 Å². The predicted octanol–water partition coefficient (Wildman–Crippen LogP) is 2.18. The number of benzene rings is 1. The minimum Gasteiger partial charge on any atom is -0.481 e. The number of hydrogen-bond donors (Lipinski definition) is 2. The van der Waals surface area contributed by atoms with Crippen LogP contribution in [0.1, 0.15) is 24.8 Å².